The lowest BCUT2D eigenvalue weighted by Gasteiger charge is -2.09. The molecule has 0 amide bonds. The molecule has 0 unspecified atom stereocenters. The molecule has 3 N–H and O–H groups in total. The molecule has 0 aromatic heterocycles. The van der Waals surface area contributed by atoms with E-state index in [0.29, 0.717) is 0 Å². The summed E-state index contributed by atoms with van der Waals surface area (Å²) in [7, 11) is -3.75. The van der Waals surface area contributed by atoms with Crippen LogP contribution in [0, 0.1) is 5.82 Å². The van der Waals surface area contributed by atoms with Crippen LogP contribution in [0.2, 0.25) is 0 Å². The lowest BCUT2D eigenvalue weighted by molar-refractivity contribution is 0.574. The monoisotopic (exact) mass is 280 g/mol. The van der Waals surface area contributed by atoms with Crippen molar-refractivity contribution < 1.29 is 12.8 Å². The van der Waals surface area contributed by atoms with E-state index in [2.05, 4.69) is 4.72 Å². The lowest BCUT2D eigenvalue weighted by Crippen LogP contribution is -2.24. The molecule has 0 spiro atoms. The van der Waals surface area contributed by atoms with E-state index in [9.17, 15) is 12.8 Å². The first-order valence-corrected chi connectivity index (χ1v) is 7.06. The van der Waals surface area contributed by atoms with Crippen LogP contribution in [0.5, 0.6) is 0 Å². The van der Waals surface area contributed by atoms with Gasteiger partial charge in [-0.15, -0.1) is 0 Å². The van der Waals surface area contributed by atoms with Crippen molar-refractivity contribution in [2.24, 2.45) is 0 Å². The zero-order chi connectivity index (χ0) is 13.9. The number of nitrogens with two attached hydrogens (primary N) is 1. The first kappa shape index (κ1) is 13.5. The Hall–Kier alpha value is -1.92. The summed E-state index contributed by atoms with van der Waals surface area (Å²) in [6, 6.07) is 12.1. The maximum absolute atomic E-state index is 13.4. The molecule has 2 aromatic carbocycles. The van der Waals surface area contributed by atoms with Gasteiger partial charge in [0.05, 0.1) is 5.69 Å². The van der Waals surface area contributed by atoms with Crippen molar-refractivity contribution in [3.05, 3.63) is 59.9 Å². The Bertz CT molecular complexity index is 687. The fourth-order valence-corrected chi connectivity index (χ4v) is 2.75. The third kappa shape index (κ3) is 3.10. The molecule has 0 saturated carbocycles. The van der Waals surface area contributed by atoms with Crippen LogP contribution in [0.4, 0.5) is 10.1 Å². The van der Waals surface area contributed by atoms with Crippen LogP contribution in [0.15, 0.2) is 53.4 Å². The highest BCUT2D eigenvalue weighted by molar-refractivity contribution is 7.89. The second-order valence-electron chi connectivity index (χ2n) is 3.95. The van der Waals surface area contributed by atoms with E-state index in [-0.39, 0.29) is 22.7 Å². The standard InChI is InChI=1S/C13H13FN2O2S/c14-11-6-2-1-5-10(11)9-16-19(17,18)13-8-4-3-7-12(13)15/h1-8,16H,9,15H2. The zero-order valence-corrected chi connectivity index (χ0v) is 10.8. The number of rotatable bonds is 4. The maximum Gasteiger partial charge on any atom is 0.242 e. The summed E-state index contributed by atoms with van der Waals surface area (Å²) in [6.07, 6.45) is 0. The van der Waals surface area contributed by atoms with Crippen molar-refractivity contribution in [1.29, 1.82) is 0 Å². The summed E-state index contributed by atoms with van der Waals surface area (Å²) < 4.78 is 39.8. The van der Waals surface area contributed by atoms with Gasteiger partial charge in [-0.2, -0.15) is 0 Å². The fraction of sp³-hybridized carbons (Fsp3) is 0.0769. The minimum absolute atomic E-state index is 0.00802. The van der Waals surface area contributed by atoms with Crippen LogP contribution in [0.1, 0.15) is 5.56 Å². The average Bonchev–Trinajstić information content (AvgIpc) is 2.38. The van der Waals surface area contributed by atoms with Gasteiger partial charge < -0.3 is 5.73 Å². The van der Waals surface area contributed by atoms with Gasteiger partial charge in [0, 0.05) is 12.1 Å². The van der Waals surface area contributed by atoms with Crippen LogP contribution in [-0.4, -0.2) is 8.42 Å². The summed E-state index contributed by atoms with van der Waals surface area (Å²) in [4.78, 5) is -0.00802. The number of sulfonamides is 1. The molecule has 0 saturated heterocycles. The Labute approximate surface area is 111 Å². The van der Waals surface area contributed by atoms with Crippen molar-refractivity contribution in [3.63, 3.8) is 0 Å². The molecule has 6 heteroatoms. The summed E-state index contributed by atoms with van der Waals surface area (Å²) in [5.41, 5.74) is 6.05. The van der Waals surface area contributed by atoms with Gasteiger partial charge in [-0.1, -0.05) is 30.3 Å². The van der Waals surface area contributed by atoms with Crippen molar-refractivity contribution in [2.75, 3.05) is 5.73 Å². The normalized spacial score (nSPS) is 11.4. The summed E-state index contributed by atoms with van der Waals surface area (Å²) in [5.74, 6) is -0.453. The van der Waals surface area contributed by atoms with E-state index in [0.717, 1.165) is 0 Å². The number of hydrogen-bond donors (Lipinski definition) is 2. The van der Waals surface area contributed by atoms with Crippen molar-refractivity contribution in [2.45, 2.75) is 11.4 Å². The predicted octanol–water partition coefficient (Wildman–Crippen LogP) is 1.89. The third-order valence-corrected chi connectivity index (χ3v) is 4.09. The zero-order valence-electron chi connectivity index (χ0n) is 10.0. The summed E-state index contributed by atoms with van der Waals surface area (Å²) in [5, 5.41) is 0. The molecule has 0 aliphatic heterocycles. The molecule has 0 heterocycles. The second kappa shape index (κ2) is 5.38. The van der Waals surface area contributed by atoms with Gasteiger partial charge >= 0.3 is 0 Å². The molecule has 0 atom stereocenters. The quantitative estimate of drug-likeness (QED) is 0.840. The lowest BCUT2D eigenvalue weighted by atomic mass is 10.2. The molecule has 4 nitrogen and oxygen atoms in total. The van der Waals surface area contributed by atoms with Gasteiger partial charge in [-0.25, -0.2) is 17.5 Å². The van der Waals surface area contributed by atoms with E-state index in [1.165, 1.54) is 24.3 Å². The molecule has 2 rings (SSSR count). The fourth-order valence-electron chi connectivity index (χ4n) is 1.62. The highest BCUT2D eigenvalue weighted by Crippen LogP contribution is 2.17. The van der Waals surface area contributed by atoms with Gasteiger partial charge in [-0.05, 0) is 18.2 Å². The number of nitrogen functional groups attached to an aromatic ring is 1. The van der Waals surface area contributed by atoms with Gasteiger partial charge in [0.2, 0.25) is 10.0 Å². The predicted molar refractivity (Wildman–Crippen MR) is 71.3 cm³/mol. The molecule has 19 heavy (non-hydrogen) atoms. The molecular formula is C13H13FN2O2S. The first-order valence-electron chi connectivity index (χ1n) is 5.58. The second-order valence-corrected chi connectivity index (χ2v) is 5.69. The molecule has 0 aliphatic carbocycles. The maximum atomic E-state index is 13.4. The summed E-state index contributed by atoms with van der Waals surface area (Å²) >= 11 is 0. The van der Waals surface area contributed by atoms with Crippen LogP contribution < -0.4 is 10.5 Å². The van der Waals surface area contributed by atoms with Crippen LogP contribution in [-0.2, 0) is 16.6 Å². The van der Waals surface area contributed by atoms with Crippen LogP contribution >= 0.6 is 0 Å². The number of hydrogen-bond acceptors (Lipinski definition) is 3. The molecule has 0 fully saturated rings. The Morgan fingerprint density at radius 1 is 1.05 bits per heavy atom. The highest BCUT2D eigenvalue weighted by atomic mass is 32.2. The Morgan fingerprint density at radius 3 is 2.37 bits per heavy atom. The highest BCUT2D eigenvalue weighted by Gasteiger charge is 2.16. The minimum Gasteiger partial charge on any atom is -0.398 e. The number of nitrogens with one attached hydrogen (secondary N) is 1. The Kier molecular flexibility index (Phi) is 3.82. The van der Waals surface area contributed by atoms with E-state index in [1.807, 2.05) is 0 Å². The summed E-state index contributed by atoms with van der Waals surface area (Å²) in [6.45, 7) is -0.122. The van der Waals surface area contributed by atoms with E-state index >= 15 is 0 Å². The minimum atomic E-state index is -3.75. The number of benzene rings is 2. The SMILES string of the molecule is Nc1ccccc1S(=O)(=O)NCc1ccccc1F. The van der Waals surface area contributed by atoms with Gasteiger partial charge in [0.1, 0.15) is 10.7 Å². The molecule has 100 valence electrons. The number of halogens is 1. The largest absolute Gasteiger partial charge is 0.398 e. The number of para-hydroxylation sites is 1. The van der Waals surface area contributed by atoms with Gasteiger partial charge in [-0.3, -0.25) is 0 Å². The van der Waals surface area contributed by atoms with E-state index in [1.54, 1.807) is 24.3 Å². The van der Waals surface area contributed by atoms with Gasteiger partial charge in [0.15, 0.2) is 0 Å². The van der Waals surface area contributed by atoms with E-state index < -0.39 is 15.8 Å². The Morgan fingerprint density at radius 2 is 1.68 bits per heavy atom. The molecule has 0 bridgehead atoms. The average molecular weight is 280 g/mol. The molecular weight excluding hydrogens is 267 g/mol. The third-order valence-electron chi connectivity index (χ3n) is 2.62. The van der Waals surface area contributed by atoms with Crippen LogP contribution in [0.25, 0.3) is 0 Å². The molecule has 0 aliphatic rings. The van der Waals surface area contributed by atoms with Crippen molar-refractivity contribution in [1.82, 2.24) is 4.72 Å². The van der Waals surface area contributed by atoms with E-state index in [4.69, 9.17) is 5.73 Å². The Balaban J connectivity index is 2.20. The van der Waals surface area contributed by atoms with Crippen molar-refractivity contribution in [3.8, 4) is 0 Å². The first-order chi connectivity index (χ1) is 9.00. The smallest absolute Gasteiger partial charge is 0.242 e. The van der Waals surface area contributed by atoms with Crippen LogP contribution in [0.3, 0.4) is 0 Å². The topological polar surface area (TPSA) is 72.2 Å². The van der Waals surface area contributed by atoms with Crippen molar-refractivity contribution >= 4 is 15.7 Å². The molecule has 2 aromatic rings. The van der Waals surface area contributed by atoms with Gasteiger partial charge in [0.25, 0.3) is 0 Å². The number of anilines is 1. The molecule has 0 radical (unpaired) electrons.